The predicted molar refractivity (Wildman–Crippen MR) is 75.8 cm³/mol. The summed E-state index contributed by atoms with van der Waals surface area (Å²) in [5, 5.41) is 2.68. The molecule has 0 rings (SSSR count). The molecule has 0 aromatic rings. The fraction of sp³-hybridized carbons (Fsp3) is 0.800. The van der Waals surface area contributed by atoms with E-state index in [-0.39, 0.29) is 35.7 Å². The molecule has 0 radical (unpaired) electrons. The van der Waals surface area contributed by atoms with Crippen LogP contribution in [0.25, 0.3) is 0 Å². The second-order valence-electron chi connectivity index (χ2n) is 6.95. The van der Waals surface area contributed by atoms with Crippen LogP contribution in [0.1, 0.15) is 60.8 Å². The lowest BCUT2D eigenvalue weighted by Crippen LogP contribution is -2.30. The van der Waals surface area contributed by atoms with Gasteiger partial charge in [0, 0.05) is 36.6 Å². The Labute approximate surface area is 116 Å². The van der Waals surface area contributed by atoms with E-state index in [4.69, 9.17) is 0 Å². The fourth-order valence-electron chi connectivity index (χ4n) is 1.38. The number of ketones is 2. The van der Waals surface area contributed by atoms with Crippen molar-refractivity contribution in [2.45, 2.75) is 60.8 Å². The Morgan fingerprint density at radius 3 is 1.58 bits per heavy atom. The van der Waals surface area contributed by atoms with Crippen LogP contribution >= 0.6 is 0 Å². The van der Waals surface area contributed by atoms with Crippen LogP contribution in [0.4, 0.5) is 0 Å². The van der Waals surface area contributed by atoms with Gasteiger partial charge in [0.1, 0.15) is 11.6 Å². The Hall–Kier alpha value is -1.19. The van der Waals surface area contributed by atoms with E-state index in [1.165, 1.54) is 0 Å². The SMILES string of the molecule is CC(C)(C)C(=O)CCNC(=O)CCC(=O)C(C)(C)C. The number of carbonyl (C=O) groups is 3. The van der Waals surface area contributed by atoms with Crippen LogP contribution in [-0.4, -0.2) is 24.0 Å². The van der Waals surface area contributed by atoms with E-state index in [1.54, 1.807) is 0 Å². The highest BCUT2D eigenvalue weighted by Gasteiger charge is 2.22. The van der Waals surface area contributed by atoms with Gasteiger partial charge in [-0.1, -0.05) is 41.5 Å². The van der Waals surface area contributed by atoms with Gasteiger partial charge in [0.15, 0.2) is 0 Å². The minimum atomic E-state index is -0.400. The summed E-state index contributed by atoms with van der Waals surface area (Å²) in [5.41, 5.74) is -0.768. The summed E-state index contributed by atoms with van der Waals surface area (Å²) in [6, 6.07) is 0. The van der Waals surface area contributed by atoms with E-state index in [9.17, 15) is 14.4 Å². The quantitative estimate of drug-likeness (QED) is 0.805. The normalized spacial score (nSPS) is 12.1. The lowest BCUT2D eigenvalue weighted by Gasteiger charge is -2.17. The van der Waals surface area contributed by atoms with Gasteiger partial charge >= 0.3 is 0 Å². The van der Waals surface area contributed by atoms with Crippen molar-refractivity contribution in [1.29, 1.82) is 0 Å². The maximum atomic E-state index is 11.6. The summed E-state index contributed by atoms with van der Waals surface area (Å²) in [6.45, 7) is 11.5. The standard InChI is InChI=1S/C15H27NO3/c1-14(2,3)11(17)7-8-13(19)16-10-9-12(18)15(4,5)6/h7-10H2,1-6H3,(H,16,19). The molecule has 0 aromatic heterocycles. The lowest BCUT2D eigenvalue weighted by atomic mass is 9.88. The van der Waals surface area contributed by atoms with Crippen LogP contribution in [-0.2, 0) is 14.4 Å². The Morgan fingerprint density at radius 1 is 0.737 bits per heavy atom. The predicted octanol–water partition coefficient (Wildman–Crippen LogP) is 2.50. The fourth-order valence-corrected chi connectivity index (χ4v) is 1.38. The molecule has 0 aliphatic rings. The van der Waals surface area contributed by atoms with Gasteiger partial charge in [0.2, 0.25) is 5.91 Å². The van der Waals surface area contributed by atoms with Crippen LogP contribution in [0.2, 0.25) is 0 Å². The van der Waals surface area contributed by atoms with E-state index in [0.717, 1.165) is 0 Å². The first-order valence-electron chi connectivity index (χ1n) is 6.78. The molecule has 0 fully saturated rings. The first kappa shape index (κ1) is 17.8. The molecule has 0 atom stereocenters. The average molecular weight is 269 g/mol. The maximum Gasteiger partial charge on any atom is 0.220 e. The third-order valence-electron chi connectivity index (χ3n) is 2.93. The number of rotatable bonds is 6. The second kappa shape index (κ2) is 6.83. The number of hydrogen-bond donors (Lipinski definition) is 1. The van der Waals surface area contributed by atoms with Crippen molar-refractivity contribution in [3.05, 3.63) is 0 Å². The molecule has 19 heavy (non-hydrogen) atoms. The zero-order chi connectivity index (χ0) is 15.3. The Bertz CT molecular complexity index is 345. The zero-order valence-corrected chi connectivity index (χ0v) is 13.1. The van der Waals surface area contributed by atoms with Crippen molar-refractivity contribution in [2.24, 2.45) is 10.8 Å². The summed E-state index contributed by atoms with van der Waals surface area (Å²) in [7, 11) is 0. The molecule has 0 unspecified atom stereocenters. The van der Waals surface area contributed by atoms with E-state index in [1.807, 2.05) is 41.5 Å². The molecule has 1 N–H and O–H groups in total. The topological polar surface area (TPSA) is 63.2 Å². The van der Waals surface area contributed by atoms with Crippen LogP contribution in [0, 0.1) is 10.8 Å². The third kappa shape index (κ3) is 7.75. The summed E-state index contributed by atoms with van der Waals surface area (Å²) < 4.78 is 0. The van der Waals surface area contributed by atoms with Gasteiger partial charge in [0.25, 0.3) is 0 Å². The van der Waals surface area contributed by atoms with Crippen LogP contribution in [0.3, 0.4) is 0 Å². The number of nitrogens with one attached hydrogen (secondary N) is 1. The minimum absolute atomic E-state index is 0.0772. The van der Waals surface area contributed by atoms with Crippen molar-refractivity contribution in [3.63, 3.8) is 0 Å². The summed E-state index contributed by atoms with van der Waals surface area (Å²) in [5.74, 6) is 0.0336. The summed E-state index contributed by atoms with van der Waals surface area (Å²) >= 11 is 0. The molecular formula is C15H27NO3. The Balaban J connectivity index is 3.90. The van der Waals surface area contributed by atoms with Crippen molar-refractivity contribution >= 4 is 17.5 Å². The van der Waals surface area contributed by atoms with Crippen molar-refractivity contribution in [1.82, 2.24) is 5.32 Å². The first-order chi connectivity index (χ1) is 8.44. The average Bonchev–Trinajstić information content (AvgIpc) is 2.22. The zero-order valence-electron chi connectivity index (χ0n) is 13.1. The number of amides is 1. The van der Waals surface area contributed by atoms with Gasteiger partial charge in [0.05, 0.1) is 0 Å². The second-order valence-corrected chi connectivity index (χ2v) is 6.95. The molecule has 4 heteroatoms. The van der Waals surface area contributed by atoms with E-state index in [2.05, 4.69) is 5.32 Å². The molecule has 0 saturated carbocycles. The first-order valence-corrected chi connectivity index (χ1v) is 6.78. The van der Waals surface area contributed by atoms with Crippen molar-refractivity contribution in [2.75, 3.05) is 6.54 Å². The number of Topliss-reactive ketones (excluding diaryl/α,β-unsaturated/α-hetero) is 2. The van der Waals surface area contributed by atoms with Gasteiger partial charge in [-0.25, -0.2) is 0 Å². The summed E-state index contributed by atoms with van der Waals surface area (Å²) in [6.07, 6.45) is 0.783. The summed E-state index contributed by atoms with van der Waals surface area (Å²) in [4.78, 5) is 34.8. The Kier molecular flexibility index (Phi) is 6.40. The molecule has 4 nitrogen and oxygen atoms in total. The minimum Gasteiger partial charge on any atom is -0.356 e. The molecule has 0 heterocycles. The molecule has 0 spiro atoms. The molecule has 110 valence electrons. The smallest absolute Gasteiger partial charge is 0.220 e. The largest absolute Gasteiger partial charge is 0.356 e. The Morgan fingerprint density at radius 2 is 1.16 bits per heavy atom. The van der Waals surface area contributed by atoms with Crippen LogP contribution in [0.15, 0.2) is 0 Å². The van der Waals surface area contributed by atoms with Crippen LogP contribution < -0.4 is 5.32 Å². The third-order valence-corrected chi connectivity index (χ3v) is 2.93. The highest BCUT2D eigenvalue weighted by Crippen LogP contribution is 2.18. The van der Waals surface area contributed by atoms with Gasteiger partial charge < -0.3 is 5.32 Å². The molecule has 0 aromatic carbocycles. The van der Waals surface area contributed by atoms with Gasteiger partial charge in [-0.15, -0.1) is 0 Å². The number of hydrogen-bond acceptors (Lipinski definition) is 3. The van der Waals surface area contributed by atoms with E-state index in [0.29, 0.717) is 13.0 Å². The van der Waals surface area contributed by atoms with Crippen LogP contribution in [0.5, 0.6) is 0 Å². The van der Waals surface area contributed by atoms with Gasteiger partial charge in [-0.2, -0.15) is 0 Å². The molecule has 1 amide bonds. The van der Waals surface area contributed by atoms with E-state index >= 15 is 0 Å². The molecular weight excluding hydrogens is 242 g/mol. The molecule has 0 aliphatic carbocycles. The monoisotopic (exact) mass is 269 g/mol. The lowest BCUT2D eigenvalue weighted by molar-refractivity contribution is -0.130. The molecule has 0 aliphatic heterocycles. The maximum absolute atomic E-state index is 11.6. The van der Waals surface area contributed by atoms with Gasteiger partial charge in [-0.3, -0.25) is 14.4 Å². The van der Waals surface area contributed by atoms with E-state index < -0.39 is 5.41 Å². The molecule has 0 bridgehead atoms. The van der Waals surface area contributed by atoms with Crippen molar-refractivity contribution in [3.8, 4) is 0 Å². The van der Waals surface area contributed by atoms with Crippen molar-refractivity contribution < 1.29 is 14.4 Å². The molecule has 0 saturated heterocycles. The number of carbonyl (C=O) groups excluding carboxylic acids is 3. The van der Waals surface area contributed by atoms with Gasteiger partial charge in [-0.05, 0) is 0 Å². The highest BCUT2D eigenvalue weighted by molar-refractivity contribution is 5.88. The highest BCUT2D eigenvalue weighted by atomic mass is 16.2.